The van der Waals surface area contributed by atoms with Crippen molar-refractivity contribution in [3.8, 4) is 0 Å². The molecule has 0 bridgehead atoms. The van der Waals surface area contributed by atoms with E-state index in [1.807, 2.05) is 13.1 Å². The van der Waals surface area contributed by atoms with Crippen LogP contribution >= 0.6 is 0 Å². The fraction of sp³-hybridized carbons (Fsp3) is 0.684. The first-order valence-electron chi connectivity index (χ1n) is 9.39. The molecule has 1 aromatic rings. The van der Waals surface area contributed by atoms with Crippen molar-refractivity contribution < 1.29 is 4.79 Å². The maximum Gasteiger partial charge on any atom is 0.237 e. The normalized spacial score (nSPS) is 21.0. The Balaban J connectivity index is 1.54. The Morgan fingerprint density at radius 1 is 1.29 bits per heavy atom. The standard InChI is InChI=1S/C19H30N4O/c1-3-18(19(24)21-16-6-4-5-7-16)23-12-10-22(11-13-23)17-8-9-20-15(2)14-17/h8-9,14,16,18H,3-7,10-13H2,1-2H3,(H,21,24)/t18-/m0/s1. The Morgan fingerprint density at radius 2 is 2.00 bits per heavy atom. The SMILES string of the molecule is CC[C@@H](C(=O)NC1CCCC1)N1CCN(c2ccnc(C)c2)CC1. The van der Waals surface area contributed by atoms with Crippen molar-refractivity contribution in [1.82, 2.24) is 15.2 Å². The predicted molar refractivity (Wildman–Crippen MR) is 97.2 cm³/mol. The van der Waals surface area contributed by atoms with Gasteiger partial charge in [0.25, 0.3) is 0 Å². The molecule has 24 heavy (non-hydrogen) atoms. The van der Waals surface area contributed by atoms with Crippen LogP contribution in [0, 0.1) is 6.92 Å². The van der Waals surface area contributed by atoms with Crippen molar-refractivity contribution in [2.24, 2.45) is 0 Å². The lowest BCUT2D eigenvalue weighted by molar-refractivity contribution is -0.127. The molecule has 1 aliphatic carbocycles. The van der Waals surface area contributed by atoms with Gasteiger partial charge in [0.1, 0.15) is 0 Å². The van der Waals surface area contributed by atoms with E-state index in [1.54, 1.807) is 0 Å². The van der Waals surface area contributed by atoms with E-state index in [-0.39, 0.29) is 11.9 Å². The molecule has 2 aliphatic rings. The third-order valence-corrected chi connectivity index (χ3v) is 5.39. The van der Waals surface area contributed by atoms with Gasteiger partial charge in [-0.15, -0.1) is 0 Å². The molecule has 0 unspecified atom stereocenters. The predicted octanol–water partition coefficient (Wildman–Crippen LogP) is 2.35. The van der Waals surface area contributed by atoms with E-state index in [2.05, 4.69) is 39.2 Å². The highest BCUT2D eigenvalue weighted by atomic mass is 16.2. The van der Waals surface area contributed by atoms with E-state index in [9.17, 15) is 4.79 Å². The number of pyridine rings is 1. The van der Waals surface area contributed by atoms with Crippen LogP contribution in [-0.4, -0.2) is 54.1 Å². The highest BCUT2D eigenvalue weighted by molar-refractivity contribution is 5.82. The zero-order valence-corrected chi connectivity index (χ0v) is 15.0. The van der Waals surface area contributed by atoms with Crippen LogP contribution in [0.25, 0.3) is 0 Å². The van der Waals surface area contributed by atoms with Crippen molar-refractivity contribution in [3.05, 3.63) is 24.0 Å². The summed E-state index contributed by atoms with van der Waals surface area (Å²) in [6, 6.07) is 4.64. The van der Waals surface area contributed by atoms with Crippen LogP contribution in [0.3, 0.4) is 0 Å². The average Bonchev–Trinajstić information content (AvgIpc) is 3.09. The Kier molecular flexibility index (Phi) is 5.72. The number of piperazine rings is 1. The third-order valence-electron chi connectivity index (χ3n) is 5.39. The maximum atomic E-state index is 12.7. The molecule has 2 fully saturated rings. The molecule has 0 aromatic carbocycles. The summed E-state index contributed by atoms with van der Waals surface area (Å²) < 4.78 is 0. The van der Waals surface area contributed by atoms with Crippen LogP contribution < -0.4 is 10.2 Å². The first-order valence-corrected chi connectivity index (χ1v) is 9.39. The number of hydrogen-bond acceptors (Lipinski definition) is 4. The highest BCUT2D eigenvalue weighted by Crippen LogP contribution is 2.20. The molecule has 3 rings (SSSR count). The molecule has 1 saturated carbocycles. The van der Waals surface area contributed by atoms with Crippen LogP contribution in [0.1, 0.15) is 44.7 Å². The number of anilines is 1. The van der Waals surface area contributed by atoms with E-state index in [0.29, 0.717) is 6.04 Å². The summed E-state index contributed by atoms with van der Waals surface area (Å²) in [6.45, 7) is 7.97. The minimum absolute atomic E-state index is 0.0203. The van der Waals surface area contributed by atoms with Crippen molar-refractivity contribution in [3.63, 3.8) is 0 Å². The number of rotatable bonds is 5. The first-order chi connectivity index (χ1) is 11.7. The zero-order chi connectivity index (χ0) is 16.9. The number of carbonyl (C=O) groups excluding carboxylic acids is 1. The van der Waals surface area contributed by atoms with Crippen molar-refractivity contribution in [2.75, 3.05) is 31.1 Å². The molecule has 2 heterocycles. The lowest BCUT2D eigenvalue weighted by atomic mass is 10.1. The molecule has 0 spiro atoms. The summed E-state index contributed by atoms with van der Waals surface area (Å²) in [5.74, 6) is 0.234. The molecule has 1 atom stereocenters. The maximum absolute atomic E-state index is 12.7. The third kappa shape index (κ3) is 4.07. The van der Waals surface area contributed by atoms with E-state index in [4.69, 9.17) is 0 Å². The first kappa shape index (κ1) is 17.2. The molecule has 1 aromatic heterocycles. The number of carbonyl (C=O) groups is 1. The quantitative estimate of drug-likeness (QED) is 0.900. The van der Waals surface area contributed by atoms with Crippen LogP contribution in [-0.2, 0) is 4.79 Å². The van der Waals surface area contributed by atoms with Gasteiger partial charge in [-0.2, -0.15) is 0 Å². The van der Waals surface area contributed by atoms with Crippen LogP contribution in [0.2, 0.25) is 0 Å². The van der Waals surface area contributed by atoms with E-state index >= 15 is 0 Å². The molecular formula is C19H30N4O. The van der Waals surface area contributed by atoms with E-state index in [1.165, 1.54) is 18.5 Å². The lowest BCUT2D eigenvalue weighted by Gasteiger charge is -2.39. The molecule has 5 heteroatoms. The number of aromatic nitrogens is 1. The second kappa shape index (κ2) is 7.97. The van der Waals surface area contributed by atoms with Gasteiger partial charge in [0, 0.05) is 49.8 Å². The monoisotopic (exact) mass is 330 g/mol. The molecular weight excluding hydrogens is 300 g/mol. The molecule has 0 radical (unpaired) electrons. The fourth-order valence-electron chi connectivity index (χ4n) is 4.00. The smallest absolute Gasteiger partial charge is 0.237 e. The van der Waals surface area contributed by atoms with Gasteiger partial charge in [0.15, 0.2) is 0 Å². The van der Waals surface area contributed by atoms with Crippen LogP contribution in [0.4, 0.5) is 5.69 Å². The second-order valence-corrected chi connectivity index (χ2v) is 7.09. The minimum Gasteiger partial charge on any atom is -0.369 e. The van der Waals surface area contributed by atoms with Gasteiger partial charge < -0.3 is 10.2 Å². The van der Waals surface area contributed by atoms with Crippen molar-refractivity contribution in [1.29, 1.82) is 0 Å². The van der Waals surface area contributed by atoms with Gasteiger partial charge >= 0.3 is 0 Å². The number of amides is 1. The summed E-state index contributed by atoms with van der Waals surface area (Å²) in [4.78, 5) is 21.7. The van der Waals surface area contributed by atoms with Crippen LogP contribution in [0.15, 0.2) is 18.3 Å². The zero-order valence-electron chi connectivity index (χ0n) is 15.0. The van der Waals surface area contributed by atoms with Gasteiger partial charge in [-0.05, 0) is 38.3 Å². The fourth-order valence-corrected chi connectivity index (χ4v) is 4.00. The van der Waals surface area contributed by atoms with Gasteiger partial charge in [-0.1, -0.05) is 19.8 Å². The molecule has 1 amide bonds. The number of nitrogens with zero attached hydrogens (tertiary/aromatic N) is 3. The van der Waals surface area contributed by atoms with Crippen LogP contribution in [0.5, 0.6) is 0 Å². The Labute approximate surface area is 145 Å². The number of hydrogen-bond donors (Lipinski definition) is 1. The van der Waals surface area contributed by atoms with Crippen molar-refractivity contribution >= 4 is 11.6 Å². The summed E-state index contributed by atoms with van der Waals surface area (Å²) in [5, 5.41) is 3.28. The summed E-state index contributed by atoms with van der Waals surface area (Å²) in [5.41, 5.74) is 2.29. The van der Waals surface area contributed by atoms with E-state index < -0.39 is 0 Å². The number of aryl methyl sites for hydroxylation is 1. The number of nitrogens with one attached hydrogen (secondary N) is 1. The highest BCUT2D eigenvalue weighted by Gasteiger charge is 2.29. The van der Waals surface area contributed by atoms with Crippen molar-refractivity contribution in [2.45, 2.75) is 58.0 Å². The Bertz CT molecular complexity index is 548. The molecule has 1 aliphatic heterocycles. The van der Waals surface area contributed by atoms with Gasteiger partial charge in [-0.25, -0.2) is 0 Å². The summed E-state index contributed by atoms with van der Waals surface area (Å²) >= 11 is 0. The van der Waals surface area contributed by atoms with Gasteiger partial charge in [0.05, 0.1) is 6.04 Å². The topological polar surface area (TPSA) is 48.5 Å². The van der Waals surface area contributed by atoms with E-state index in [0.717, 1.165) is 51.1 Å². The molecule has 1 saturated heterocycles. The average molecular weight is 330 g/mol. The largest absolute Gasteiger partial charge is 0.369 e. The molecule has 132 valence electrons. The second-order valence-electron chi connectivity index (χ2n) is 7.09. The lowest BCUT2D eigenvalue weighted by Crippen LogP contribution is -2.55. The minimum atomic E-state index is 0.0203. The van der Waals surface area contributed by atoms with Gasteiger partial charge in [-0.3, -0.25) is 14.7 Å². The Morgan fingerprint density at radius 3 is 2.62 bits per heavy atom. The Hall–Kier alpha value is -1.62. The summed E-state index contributed by atoms with van der Waals surface area (Å²) in [6.07, 6.45) is 7.57. The van der Waals surface area contributed by atoms with Gasteiger partial charge in [0.2, 0.25) is 5.91 Å². The molecule has 5 nitrogen and oxygen atoms in total. The molecule has 1 N–H and O–H groups in total. The summed E-state index contributed by atoms with van der Waals surface area (Å²) in [7, 11) is 0.